The van der Waals surface area contributed by atoms with E-state index in [-0.39, 0.29) is 29.1 Å². The first kappa shape index (κ1) is 19.3. The van der Waals surface area contributed by atoms with Crippen molar-refractivity contribution >= 4 is 17.6 Å². The molecule has 8 nitrogen and oxygen atoms in total. The number of carbonyl (C=O) groups is 1. The molecule has 28 heavy (non-hydrogen) atoms. The molecule has 1 aromatic heterocycles. The summed E-state index contributed by atoms with van der Waals surface area (Å²) >= 11 is 0. The number of aromatic nitrogens is 2. The number of hydrogen-bond acceptors (Lipinski definition) is 6. The number of halogens is 2. The number of ether oxygens (including phenoxy) is 1. The van der Waals surface area contributed by atoms with Crippen molar-refractivity contribution in [1.82, 2.24) is 14.9 Å². The van der Waals surface area contributed by atoms with Gasteiger partial charge in [0.1, 0.15) is 36.0 Å². The molecule has 0 spiro atoms. The summed E-state index contributed by atoms with van der Waals surface area (Å²) in [4.78, 5) is 20.4. The minimum atomic E-state index is -0.958. The largest absolute Gasteiger partial charge is 0.474 e. The highest BCUT2D eigenvalue weighted by atomic mass is 19.1. The van der Waals surface area contributed by atoms with E-state index in [9.17, 15) is 13.6 Å². The number of benzene rings is 1. The van der Waals surface area contributed by atoms with Crippen molar-refractivity contribution in [1.29, 1.82) is 5.26 Å². The van der Waals surface area contributed by atoms with Crippen molar-refractivity contribution in [2.75, 3.05) is 18.4 Å². The molecule has 10 heteroatoms. The van der Waals surface area contributed by atoms with E-state index >= 15 is 0 Å². The van der Waals surface area contributed by atoms with Gasteiger partial charge in [0.25, 0.3) is 0 Å². The maximum absolute atomic E-state index is 14.1. The maximum Gasteiger partial charge on any atom is 0.407 e. The van der Waals surface area contributed by atoms with Crippen molar-refractivity contribution in [3.63, 3.8) is 0 Å². The standard InChI is InChI=1S/C18H17F2N5O3/c1-10-16(24-15-7-13(19)11(8-21)6-14(15)20)22-9-23-17(10)28-12-2-4-25(5-3-12)18(26)27/h6-7,9,12H,2-5H2,1H3,(H,26,27)(H,22,23,24). The van der Waals surface area contributed by atoms with E-state index < -0.39 is 17.7 Å². The van der Waals surface area contributed by atoms with E-state index in [0.717, 1.165) is 12.1 Å². The van der Waals surface area contributed by atoms with E-state index in [1.807, 2.05) is 0 Å². The van der Waals surface area contributed by atoms with Crippen LogP contribution in [0.15, 0.2) is 18.5 Å². The molecule has 1 saturated heterocycles. The van der Waals surface area contributed by atoms with E-state index in [4.69, 9.17) is 15.1 Å². The Labute approximate surface area is 159 Å². The van der Waals surface area contributed by atoms with Gasteiger partial charge in [-0.2, -0.15) is 5.26 Å². The minimum absolute atomic E-state index is 0.168. The highest BCUT2D eigenvalue weighted by molar-refractivity contribution is 5.65. The van der Waals surface area contributed by atoms with Crippen LogP contribution in [0.1, 0.15) is 24.0 Å². The van der Waals surface area contributed by atoms with Gasteiger partial charge in [-0.3, -0.25) is 0 Å². The summed E-state index contributed by atoms with van der Waals surface area (Å²) in [5.74, 6) is -1.13. The molecule has 146 valence electrons. The minimum Gasteiger partial charge on any atom is -0.474 e. The highest BCUT2D eigenvalue weighted by Crippen LogP contribution is 2.28. The summed E-state index contributed by atoms with van der Waals surface area (Å²) in [6, 6.07) is 3.27. The Morgan fingerprint density at radius 2 is 2.04 bits per heavy atom. The molecule has 2 heterocycles. The molecule has 0 aliphatic carbocycles. The third kappa shape index (κ3) is 4.09. The second kappa shape index (κ2) is 8.04. The molecule has 1 aliphatic heterocycles. The molecule has 1 fully saturated rings. The van der Waals surface area contributed by atoms with Gasteiger partial charge in [-0.15, -0.1) is 0 Å². The average molecular weight is 389 g/mol. The molecule has 0 unspecified atom stereocenters. The molecule has 1 aliphatic rings. The number of amides is 1. The predicted molar refractivity (Wildman–Crippen MR) is 94.4 cm³/mol. The normalized spacial score (nSPS) is 14.4. The monoisotopic (exact) mass is 389 g/mol. The summed E-state index contributed by atoms with van der Waals surface area (Å²) in [7, 11) is 0. The van der Waals surface area contributed by atoms with Crippen LogP contribution in [0, 0.1) is 29.9 Å². The lowest BCUT2D eigenvalue weighted by Crippen LogP contribution is -2.41. The Balaban J connectivity index is 1.74. The number of anilines is 2. The molecule has 0 bridgehead atoms. The van der Waals surface area contributed by atoms with Gasteiger partial charge in [0.15, 0.2) is 0 Å². The van der Waals surface area contributed by atoms with Crippen LogP contribution in [0.4, 0.5) is 25.1 Å². The Morgan fingerprint density at radius 1 is 1.32 bits per heavy atom. The Morgan fingerprint density at radius 3 is 2.68 bits per heavy atom. The van der Waals surface area contributed by atoms with Crippen LogP contribution >= 0.6 is 0 Å². The van der Waals surface area contributed by atoms with Crippen molar-refractivity contribution in [3.8, 4) is 11.9 Å². The van der Waals surface area contributed by atoms with Gasteiger partial charge in [0, 0.05) is 32.0 Å². The van der Waals surface area contributed by atoms with Crippen LogP contribution < -0.4 is 10.1 Å². The van der Waals surface area contributed by atoms with E-state index in [1.165, 1.54) is 11.2 Å². The zero-order valence-corrected chi connectivity index (χ0v) is 14.9. The smallest absolute Gasteiger partial charge is 0.407 e. The number of nitrogens with zero attached hydrogens (tertiary/aromatic N) is 4. The zero-order valence-electron chi connectivity index (χ0n) is 14.9. The van der Waals surface area contributed by atoms with E-state index in [1.54, 1.807) is 13.0 Å². The molecule has 1 amide bonds. The van der Waals surface area contributed by atoms with Crippen molar-refractivity contribution < 1.29 is 23.4 Å². The first-order valence-electron chi connectivity index (χ1n) is 8.51. The van der Waals surface area contributed by atoms with Crippen LogP contribution in [0.2, 0.25) is 0 Å². The number of nitriles is 1. The molecule has 0 saturated carbocycles. The Kier molecular flexibility index (Phi) is 5.54. The first-order valence-corrected chi connectivity index (χ1v) is 8.51. The molecule has 0 atom stereocenters. The Bertz CT molecular complexity index is 940. The van der Waals surface area contributed by atoms with Crippen molar-refractivity contribution in [2.24, 2.45) is 0 Å². The summed E-state index contributed by atoms with van der Waals surface area (Å²) < 4.78 is 33.7. The predicted octanol–water partition coefficient (Wildman–Crippen LogP) is 3.20. The second-order valence-electron chi connectivity index (χ2n) is 6.29. The fraction of sp³-hybridized carbons (Fsp3) is 0.333. The summed E-state index contributed by atoms with van der Waals surface area (Å²) in [5.41, 5.74) is -0.0643. The number of likely N-dealkylation sites (tertiary alicyclic amines) is 1. The van der Waals surface area contributed by atoms with Crippen LogP contribution in [0.3, 0.4) is 0 Å². The van der Waals surface area contributed by atoms with Crippen LogP contribution in [-0.4, -0.2) is 45.3 Å². The fourth-order valence-corrected chi connectivity index (χ4v) is 2.86. The Hall–Kier alpha value is -3.48. The van der Waals surface area contributed by atoms with Crippen LogP contribution in [0.25, 0.3) is 0 Å². The zero-order chi connectivity index (χ0) is 20.3. The number of carboxylic acid groups (broad SMARTS) is 1. The van der Waals surface area contributed by atoms with Gasteiger partial charge >= 0.3 is 6.09 Å². The highest BCUT2D eigenvalue weighted by Gasteiger charge is 2.24. The van der Waals surface area contributed by atoms with Gasteiger partial charge in [0.05, 0.1) is 16.8 Å². The molecule has 2 aromatic rings. The van der Waals surface area contributed by atoms with Gasteiger partial charge < -0.3 is 20.1 Å². The first-order chi connectivity index (χ1) is 13.4. The van der Waals surface area contributed by atoms with E-state index in [2.05, 4.69) is 15.3 Å². The third-order valence-corrected chi connectivity index (χ3v) is 4.46. The van der Waals surface area contributed by atoms with Gasteiger partial charge in [-0.05, 0) is 13.0 Å². The molecule has 0 radical (unpaired) electrons. The van der Waals surface area contributed by atoms with Crippen molar-refractivity contribution in [2.45, 2.75) is 25.9 Å². The van der Waals surface area contributed by atoms with Crippen LogP contribution in [-0.2, 0) is 0 Å². The number of hydrogen-bond donors (Lipinski definition) is 2. The van der Waals surface area contributed by atoms with Gasteiger partial charge in [-0.1, -0.05) is 0 Å². The lowest BCUT2D eigenvalue weighted by molar-refractivity contribution is 0.0866. The number of rotatable bonds is 4. The molecular formula is C18H17F2N5O3. The second-order valence-corrected chi connectivity index (χ2v) is 6.29. The van der Waals surface area contributed by atoms with Crippen molar-refractivity contribution in [3.05, 3.63) is 41.2 Å². The number of nitrogens with one attached hydrogen (secondary N) is 1. The fourth-order valence-electron chi connectivity index (χ4n) is 2.86. The topological polar surface area (TPSA) is 111 Å². The summed E-state index contributed by atoms with van der Waals surface area (Å²) in [6.07, 6.45) is 1.11. The third-order valence-electron chi connectivity index (χ3n) is 4.46. The lowest BCUT2D eigenvalue weighted by atomic mass is 10.1. The SMILES string of the molecule is Cc1c(Nc2cc(F)c(C#N)cc2F)ncnc1OC1CCN(C(=O)O)CC1. The molecule has 2 N–H and O–H groups in total. The summed E-state index contributed by atoms with van der Waals surface area (Å²) in [5, 5.41) is 20.4. The quantitative estimate of drug-likeness (QED) is 0.826. The molecular weight excluding hydrogens is 372 g/mol. The lowest BCUT2D eigenvalue weighted by Gasteiger charge is -2.30. The maximum atomic E-state index is 14.1. The average Bonchev–Trinajstić information content (AvgIpc) is 2.68. The summed E-state index contributed by atoms with van der Waals surface area (Å²) in [6.45, 7) is 2.40. The van der Waals surface area contributed by atoms with E-state index in [0.29, 0.717) is 31.5 Å². The van der Waals surface area contributed by atoms with Gasteiger partial charge in [0.2, 0.25) is 5.88 Å². The van der Waals surface area contributed by atoms with Gasteiger partial charge in [-0.25, -0.2) is 23.5 Å². The van der Waals surface area contributed by atoms with Crippen LogP contribution in [0.5, 0.6) is 5.88 Å². The number of piperidine rings is 1. The molecule has 1 aromatic carbocycles. The molecule has 3 rings (SSSR count).